The highest BCUT2D eigenvalue weighted by molar-refractivity contribution is 5.88. The summed E-state index contributed by atoms with van der Waals surface area (Å²) in [5.74, 6) is -0.589. The molecule has 0 spiro atoms. The van der Waals surface area contributed by atoms with Gasteiger partial charge in [-0.2, -0.15) is 0 Å². The van der Waals surface area contributed by atoms with Gasteiger partial charge in [-0.15, -0.1) is 5.10 Å². The smallest absolute Gasteiger partial charge is 0.335 e. The monoisotopic (exact) mass is 362 g/mol. The summed E-state index contributed by atoms with van der Waals surface area (Å²) in [5, 5.41) is 16.8. The maximum Gasteiger partial charge on any atom is 0.335 e. The van der Waals surface area contributed by atoms with Gasteiger partial charge in [0.25, 0.3) is 0 Å². The molecule has 4 rings (SSSR count). The maximum absolute atomic E-state index is 13.0. The van der Waals surface area contributed by atoms with Gasteiger partial charge in [-0.25, -0.2) is 18.7 Å². The molecule has 0 bridgehead atoms. The number of halogens is 1. The predicted octanol–water partition coefficient (Wildman–Crippen LogP) is 3.85. The molecule has 2 aromatic carbocycles. The topological polar surface area (TPSA) is 79.5 Å². The Balaban J connectivity index is 1.60. The first-order chi connectivity index (χ1) is 13.1. The third-order valence-corrected chi connectivity index (χ3v) is 4.18. The summed E-state index contributed by atoms with van der Waals surface area (Å²) in [4.78, 5) is 15.3. The minimum atomic E-state index is -0.968. The third kappa shape index (κ3) is 3.48. The zero-order chi connectivity index (χ0) is 18.8. The van der Waals surface area contributed by atoms with Crippen LogP contribution in [-0.4, -0.2) is 25.7 Å². The standard InChI is InChI=1S/C20H15FN4O2/c21-16-7-1-13(2-8-16)11-22-18-9-10-19-23-12-17(25(19)24-18)14-3-5-15(6-4-14)20(26)27/h1-10,12H,11H2,(H,22,24)(H,26,27). The van der Waals surface area contributed by atoms with Crippen LogP contribution in [0.15, 0.2) is 66.9 Å². The van der Waals surface area contributed by atoms with Crippen molar-refractivity contribution < 1.29 is 14.3 Å². The zero-order valence-corrected chi connectivity index (χ0v) is 14.1. The first-order valence-electron chi connectivity index (χ1n) is 8.27. The highest BCUT2D eigenvalue weighted by Crippen LogP contribution is 2.21. The van der Waals surface area contributed by atoms with Crippen molar-refractivity contribution in [2.75, 3.05) is 5.32 Å². The fourth-order valence-electron chi connectivity index (χ4n) is 2.74. The van der Waals surface area contributed by atoms with Gasteiger partial charge in [0, 0.05) is 12.1 Å². The Labute approximate surface area is 153 Å². The van der Waals surface area contributed by atoms with Crippen LogP contribution in [0.4, 0.5) is 10.2 Å². The Morgan fingerprint density at radius 3 is 2.48 bits per heavy atom. The Hall–Kier alpha value is -3.74. The molecule has 134 valence electrons. The number of nitrogens with zero attached hydrogens (tertiary/aromatic N) is 3. The van der Waals surface area contributed by atoms with E-state index in [1.165, 1.54) is 12.1 Å². The number of fused-ring (bicyclic) bond motifs is 1. The van der Waals surface area contributed by atoms with Crippen molar-refractivity contribution >= 4 is 17.4 Å². The number of rotatable bonds is 5. The lowest BCUT2D eigenvalue weighted by Crippen LogP contribution is -2.04. The summed E-state index contributed by atoms with van der Waals surface area (Å²) < 4.78 is 14.7. The molecule has 2 N–H and O–H groups in total. The molecule has 7 heteroatoms. The summed E-state index contributed by atoms with van der Waals surface area (Å²) in [6, 6.07) is 16.5. The van der Waals surface area contributed by atoms with Gasteiger partial charge in [-0.05, 0) is 42.0 Å². The number of nitrogens with one attached hydrogen (secondary N) is 1. The van der Waals surface area contributed by atoms with Crippen molar-refractivity contribution in [2.24, 2.45) is 0 Å². The lowest BCUT2D eigenvalue weighted by atomic mass is 10.1. The van der Waals surface area contributed by atoms with E-state index in [2.05, 4.69) is 15.4 Å². The largest absolute Gasteiger partial charge is 0.478 e. The van der Waals surface area contributed by atoms with E-state index in [9.17, 15) is 9.18 Å². The Bertz CT molecular complexity index is 1110. The van der Waals surface area contributed by atoms with Crippen molar-refractivity contribution in [3.05, 3.63) is 83.8 Å². The highest BCUT2D eigenvalue weighted by atomic mass is 19.1. The van der Waals surface area contributed by atoms with E-state index >= 15 is 0 Å². The second-order valence-corrected chi connectivity index (χ2v) is 5.99. The molecule has 0 saturated carbocycles. The number of aromatic nitrogens is 3. The van der Waals surface area contributed by atoms with Gasteiger partial charge in [-0.1, -0.05) is 24.3 Å². The van der Waals surface area contributed by atoms with Crippen molar-refractivity contribution in [3.8, 4) is 11.3 Å². The molecule has 2 heterocycles. The minimum absolute atomic E-state index is 0.224. The van der Waals surface area contributed by atoms with Gasteiger partial charge >= 0.3 is 5.97 Å². The molecule has 0 aliphatic rings. The molecule has 0 saturated heterocycles. The Morgan fingerprint density at radius 2 is 1.78 bits per heavy atom. The van der Waals surface area contributed by atoms with Crippen molar-refractivity contribution in [3.63, 3.8) is 0 Å². The average molecular weight is 362 g/mol. The molecule has 6 nitrogen and oxygen atoms in total. The van der Waals surface area contributed by atoms with Crippen LogP contribution < -0.4 is 5.32 Å². The fourth-order valence-corrected chi connectivity index (χ4v) is 2.74. The SMILES string of the molecule is O=C(O)c1ccc(-c2cnc3ccc(NCc4ccc(F)cc4)nn23)cc1. The fraction of sp³-hybridized carbons (Fsp3) is 0.0500. The van der Waals surface area contributed by atoms with Gasteiger partial charge in [0.1, 0.15) is 11.6 Å². The molecular formula is C20H15FN4O2. The van der Waals surface area contributed by atoms with Crippen molar-refractivity contribution in [2.45, 2.75) is 6.54 Å². The zero-order valence-electron chi connectivity index (χ0n) is 14.1. The van der Waals surface area contributed by atoms with E-state index in [0.29, 0.717) is 18.0 Å². The number of carboxylic acid groups (broad SMARTS) is 1. The van der Waals surface area contributed by atoms with E-state index in [4.69, 9.17) is 5.11 Å². The normalized spacial score (nSPS) is 10.9. The predicted molar refractivity (Wildman–Crippen MR) is 99.1 cm³/mol. The summed E-state index contributed by atoms with van der Waals surface area (Å²) in [5.41, 5.74) is 3.42. The van der Waals surface area contributed by atoms with Gasteiger partial charge in [0.2, 0.25) is 0 Å². The number of benzene rings is 2. The van der Waals surface area contributed by atoms with Crippen LogP contribution in [-0.2, 0) is 6.54 Å². The van der Waals surface area contributed by atoms with E-state index in [1.807, 2.05) is 12.1 Å². The number of hydrogen-bond acceptors (Lipinski definition) is 4. The van der Waals surface area contributed by atoms with E-state index in [1.54, 1.807) is 47.1 Å². The maximum atomic E-state index is 13.0. The van der Waals surface area contributed by atoms with Crippen LogP contribution in [0, 0.1) is 5.82 Å². The molecule has 0 unspecified atom stereocenters. The Kier molecular flexibility index (Phi) is 4.25. The summed E-state index contributed by atoms with van der Waals surface area (Å²) in [6.45, 7) is 0.510. The van der Waals surface area contributed by atoms with Gasteiger partial charge in [0.15, 0.2) is 5.65 Å². The number of imidazole rings is 1. The van der Waals surface area contributed by atoms with Gasteiger partial charge in [0.05, 0.1) is 17.5 Å². The number of hydrogen-bond donors (Lipinski definition) is 2. The lowest BCUT2D eigenvalue weighted by molar-refractivity contribution is 0.0697. The molecule has 0 atom stereocenters. The molecule has 2 aromatic heterocycles. The van der Waals surface area contributed by atoms with Crippen molar-refractivity contribution in [1.82, 2.24) is 14.6 Å². The molecule has 0 aliphatic heterocycles. The Morgan fingerprint density at radius 1 is 1.04 bits per heavy atom. The molecule has 0 fully saturated rings. The highest BCUT2D eigenvalue weighted by Gasteiger charge is 2.09. The number of carboxylic acids is 1. The summed E-state index contributed by atoms with van der Waals surface area (Å²) in [7, 11) is 0. The molecule has 27 heavy (non-hydrogen) atoms. The second-order valence-electron chi connectivity index (χ2n) is 5.99. The molecule has 0 amide bonds. The molecular weight excluding hydrogens is 347 g/mol. The van der Waals surface area contributed by atoms with E-state index in [0.717, 1.165) is 16.8 Å². The quantitative estimate of drug-likeness (QED) is 0.564. The molecule has 0 radical (unpaired) electrons. The lowest BCUT2D eigenvalue weighted by Gasteiger charge is -2.07. The van der Waals surface area contributed by atoms with Crippen LogP contribution in [0.5, 0.6) is 0 Å². The number of anilines is 1. The minimum Gasteiger partial charge on any atom is -0.478 e. The van der Waals surface area contributed by atoms with Crippen LogP contribution in [0.3, 0.4) is 0 Å². The summed E-state index contributed by atoms with van der Waals surface area (Å²) in [6.07, 6.45) is 1.70. The van der Waals surface area contributed by atoms with Crippen LogP contribution >= 0.6 is 0 Å². The molecule has 4 aromatic rings. The molecule has 0 aliphatic carbocycles. The van der Waals surface area contributed by atoms with Crippen LogP contribution in [0.1, 0.15) is 15.9 Å². The van der Waals surface area contributed by atoms with E-state index < -0.39 is 5.97 Å². The van der Waals surface area contributed by atoms with E-state index in [-0.39, 0.29) is 11.4 Å². The van der Waals surface area contributed by atoms with Crippen molar-refractivity contribution in [1.29, 1.82) is 0 Å². The first kappa shape index (κ1) is 16.7. The summed E-state index contributed by atoms with van der Waals surface area (Å²) >= 11 is 0. The number of carbonyl (C=O) groups is 1. The first-order valence-corrected chi connectivity index (χ1v) is 8.27. The second kappa shape index (κ2) is 6.87. The van der Waals surface area contributed by atoms with Crippen LogP contribution in [0.25, 0.3) is 16.9 Å². The van der Waals surface area contributed by atoms with Gasteiger partial charge in [-0.3, -0.25) is 0 Å². The number of aromatic carboxylic acids is 1. The third-order valence-electron chi connectivity index (χ3n) is 4.18. The van der Waals surface area contributed by atoms with Gasteiger partial charge < -0.3 is 10.4 Å². The van der Waals surface area contributed by atoms with Crippen LogP contribution in [0.2, 0.25) is 0 Å². The average Bonchev–Trinajstić information content (AvgIpc) is 3.11.